The highest BCUT2D eigenvalue weighted by Gasteiger charge is 2.32. The standard InChI is InChI=1S/C23H19BrClN3O5S/c24-17-6-8-18(9-7-17)33-14-22(29)26-27-23(30)16-5-10-19(25)21(13-16)34(31,32)28-12-11-15-3-1-2-4-20(15)28/h1-10,13H,11-12,14H2,(H,26,29)(H,27,30). The van der Waals surface area contributed by atoms with Crippen molar-refractivity contribution in [2.45, 2.75) is 11.3 Å². The van der Waals surface area contributed by atoms with Gasteiger partial charge in [-0.2, -0.15) is 0 Å². The van der Waals surface area contributed by atoms with Gasteiger partial charge in [-0.1, -0.05) is 45.7 Å². The molecule has 176 valence electrons. The second-order valence-corrected chi connectivity index (χ2v) is 10.5. The van der Waals surface area contributed by atoms with Crippen LogP contribution in [0.25, 0.3) is 0 Å². The number of hydrazine groups is 1. The maximum atomic E-state index is 13.3. The minimum Gasteiger partial charge on any atom is -0.484 e. The van der Waals surface area contributed by atoms with Gasteiger partial charge in [0.25, 0.3) is 21.8 Å². The highest BCUT2D eigenvalue weighted by Crippen LogP contribution is 2.35. The minimum atomic E-state index is -4.00. The normalized spacial score (nSPS) is 12.7. The summed E-state index contributed by atoms with van der Waals surface area (Å²) in [4.78, 5) is 24.4. The molecule has 3 aromatic carbocycles. The van der Waals surface area contributed by atoms with Crippen LogP contribution in [0.3, 0.4) is 0 Å². The highest BCUT2D eigenvalue weighted by molar-refractivity contribution is 9.10. The Morgan fingerprint density at radius 3 is 2.53 bits per heavy atom. The van der Waals surface area contributed by atoms with Crippen LogP contribution in [0.2, 0.25) is 5.02 Å². The molecule has 0 spiro atoms. The van der Waals surface area contributed by atoms with Gasteiger partial charge in [-0.25, -0.2) is 8.42 Å². The van der Waals surface area contributed by atoms with Crippen molar-refractivity contribution in [3.05, 3.63) is 87.4 Å². The maximum absolute atomic E-state index is 13.3. The number of nitrogens with zero attached hydrogens (tertiary/aromatic N) is 1. The predicted molar refractivity (Wildman–Crippen MR) is 131 cm³/mol. The van der Waals surface area contributed by atoms with Crippen LogP contribution in [-0.2, 0) is 21.2 Å². The van der Waals surface area contributed by atoms with Crippen LogP contribution in [0.5, 0.6) is 5.75 Å². The topological polar surface area (TPSA) is 105 Å². The van der Waals surface area contributed by atoms with Gasteiger partial charge >= 0.3 is 0 Å². The minimum absolute atomic E-state index is 0.00661. The van der Waals surface area contributed by atoms with E-state index in [4.69, 9.17) is 16.3 Å². The van der Waals surface area contributed by atoms with Crippen molar-refractivity contribution >= 4 is 55.1 Å². The van der Waals surface area contributed by atoms with E-state index in [2.05, 4.69) is 26.8 Å². The van der Waals surface area contributed by atoms with E-state index < -0.39 is 21.8 Å². The fourth-order valence-electron chi connectivity index (χ4n) is 3.43. The Morgan fingerprint density at radius 2 is 1.76 bits per heavy atom. The fraction of sp³-hybridized carbons (Fsp3) is 0.130. The Morgan fingerprint density at radius 1 is 1.03 bits per heavy atom. The molecular formula is C23H19BrClN3O5S. The number of amides is 2. The van der Waals surface area contributed by atoms with Crippen LogP contribution in [0.1, 0.15) is 15.9 Å². The van der Waals surface area contributed by atoms with E-state index in [1.807, 2.05) is 12.1 Å². The molecule has 0 fully saturated rings. The molecule has 3 aromatic rings. The molecule has 1 aliphatic heterocycles. The Balaban J connectivity index is 1.43. The SMILES string of the molecule is O=C(COc1ccc(Br)cc1)NNC(=O)c1ccc(Cl)c(S(=O)(=O)N2CCc3ccccc32)c1. The lowest BCUT2D eigenvalue weighted by atomic mass is 10.2. The number of hydrogen-bond acceptors (Lipinski definition) is 5. The van der Waals surface area contributed by atoms with Crippen molar-refractivity contribution < 1.29 is 22.7 Å². The summed E-state index contributed by atoms with van der Waals surface area (Å²) in [6, 6.07) is 18.0. The summed E-state index contributed by atoms with van der Waals surface area (Å²) in [6.45, 7) is -0.0423. The lowest BCUT2D eigenvalue weighted by Crippen LogP contribution is -2.43. The Labute approximate surface area is 210 Å². The largest absolute Gasteiger partial charge is 0.484 e. The molecule has 0 aliphatic carbocycles. The van der Waals surface area contributed by atoms with Gasteiger partial charge < -0.3 is 4.74 Å². The summed E-state index contributed by atoms with van der Waals surface area (Å²) < 4.78 is 34.1. The number of nitrogens with one attached hydrogen (secondary N) is 2. The van der Waals surface area contributed by atoms with Crippen LogP contribution in [0.15, 0.2) is 76.1 Å². The molecule has 1 aliphatic rings. The number of fused-ring (bicyclic) bond motifs is 1. The zero-order chi connectivity index (χ0) is 24.3. The number of benzene rings is 3. The summed E-state index contributed by atoms with van der Waals surface area (Å²) in [5.41, 5.74) is 6.02. The first-order valence-corrected chi connectivity index (χ1v) is 12.7. The third-order valence-electron chi connectivity index (χ3n) is 5.10. The van der Waals surface area contributed by atoms with Gasteiger partial charge in [-0.3, -0.25) is 24.7 Å². The fourth-order valence-corrected chi connectivity index (χ4v) is 5.70. The first-order valence-electron chi connectivity index (χ1n) is 10.1. The summed E-state index contributed by atoms with van der Waals surface area (Å²) in [7, 11) is -4.00. The average Bonchev–Trinajstić information content (AvgIpc) is 3.27. The third-order valence-corrected chi connectivity index (χ3v) is 7.93. The van der Waals surface area contributed by atoms with E-state index in [-0.39, 0.29) is 28.6 Å². The molecule has 0 atom stereocenters. The maximum Gasteiger partial charge on any atom is 0.276 e. The van der Waals surface area contributed by atoms with Gasteiger partial charge in [0.15, 0.2) is 6.61 Å². The second kappa shape index (κ2) is 10.0. The monoisotopic (exact) mass is 563 g/mol. The number of carbonyl (C=O) groups is 2. The molecular weight excluding hydrogens is 546 g/mol. The Hall–Kier alpha value is -3.08. The number of anilines is 1. The van der Waals surface area contributed by atoms with E-state index in [1.54, 1.807) is 36.4 Å². The average molecular weight is 565 g/mol. The van der Waals surface area contributed by atoms with E-state index >= 15 is 0 Å². The van der Waals surface area contributed by atoms with Crippen LogP contribution in [-0.4, -0.2) is 33.4 Å². The van der Waals surface area contributed by atoms with Crippen molar-refractivity contribution in [1.82, 2.24) is 10.9 Å². The van der Waals surface area contributed by atoms with Crippen LogP contribution in [0, 0.1) is 0 Å². The van der Waals surface area contributed by atoms with Gasteiger partial charge in [-0.05, 0) is 60.5 Å². The smallest absolute Gasteiger partial charge is 0.276 e. The van der Waals surface area contributed by atoms with Crippen LogP contribution >= 0.6 is 27.5 Å². The molecule has 0 radical (unpaired) electrons. The van der Waals surface area contributed by atoms with Crippen LogP contribution in [0.4, 0.5) is 5.69 Å². The molecule has 0 unspecified atom stereocenters. The third kappa shape index (κ3) is 5.19. The van der Waals surface area contributed by atoms with Crippen molar-refractivity contribution in [2.24, 2.45) is 0 Å². The van der Waals surface area contributed by atoms with Gasteiger partial charge in [0.05, 0.1) is 10.7 Å². The summed E-state index contributed by atoms with van der Waals surface area (Å²) >= 11 is 9.51. The lowest BCUT2D eigenvalue weighted by Gasteiger charge is -2.20. The van der Waals surface area contributed by atoms with Crippen molar-refractivity contribution in [3.8, 4) is 5.75 Å². The van der Waals surface area contributed by atoms with Gasteiger partial charge in [0, 0.05) is 16.6 Å². The molecule has 4 rings (SSSR count). The molecule has 0 aromatic heterocycles. The zero-order valence-corrected chi connectivity index (χ0v) is 20.8. The number of rotatable bonds is 6. The molecule has 2 N–H and O–H groups in total. The van der Waals surface area contributed by atoms with E-state index in [0.717, 1.165) is 10.0 Å². The number of para-hydroxylation sites is 1. The summed E-state index contributed by atoms with van der Waals surface area (Å²) in [5.74, 6) is -0.806. The van der Waals surface area contributed by atoms with E-state index in [0.29, 0.717) is 17.9 Å². The predicted octanol–water partition coefficient (Wildman–Crippen LogP) is 3.69. The molecule has 11 heteroatoms. The Kier molecular flexibility index (Phi) is 7.11. The number of halogens is 2. The number of hydrogen-bond donors (Lipinski definition) is 2. The first-order chi connectivity index (χ1) is 16.3. The van der Waals surface area contributed by atoms with Crippen molar-refractivity contribution in [2.75, 3.05) is 17.5 Å². The van der Waals surface area contributed by atoms with E-state index in [9.17, 15) is 18.0 Å². The van der Waals surface area contributed by atoms with E-state index in [1.165, 1.54) is 22.5 Å². The zero-order valence-electron chi connectivity index (χ0n) is 17.6. The van der Waals surface area contributed by atoms with Gasteiger partial charge in [0.1, 0.15) is 10.6 Å². The number of carbonyl (C=O) groups excluding carboxylic acids is 2. The molecule has 34 heavy (non-hydrogen) atoms. The first kappa shape index (κ1) is 24.1. The van der Waals surface area contributed by atoms with Gasteiger partial charge in [0.2, 0.25) is 0 Å². The molecule has 8 nitrogen and oxygen atoms in total. The molecule has 0 bridgehead atoms. The number of ether oxygens (including phenoxy) is 1. The molecule has 0 saturated carbocycles. The van der Waals surface area contributed by atoms with Crippen molar-refractivity contribution in [1.29, 1.82) is 0 Å². The summed E-state index contributed by atoms with van der Waals surface area (Å²) in [5, 5.41) is -0.00661. The van der Waals surface area contributed by atoms with Gasteiger partial charge in [-0.15, -0.1) is 0 Å². The molecule has 1 heterocycles. The summed E-state index contributed by atoms with van der Waals surface area (Å²) in [6.07, 6.45) is 0.585. The van der Waals surface area contributed by atoms with Crippen molar-refractivity contribution in [3.63, 3.8) is 0 Å². The Bertz CT molecular complexity index is 1350. The number of sulfonamides is 1. The second-order valence-electron chi connectivity index (χ2n) is 7.35. The quantitative estimate of drug-likeness (QED) is 0.445. The van der Waals surface area contributed by atoms with Crippen LogP contribution < -0.4 is 19.9 Å². The molecule has 0 saturated heterocycles. The highest BCUT2D eigenvalue weighted by atomic mass is 79.9. The lowest BCUT2D eigenvalue weighted by molar-refractivity contribution is -0.123. The molecule has 2 amide bonds.